The molecule has 0 spiro atoms. The zero-order valence-corrected chi connectivity index (χ0v) is 13.3. The molecule has 3 nitrogen and oxygen atoms in total. The van der Waals surface area contributed by atoms with Crippen molar-refractivity contribution in [2.24, 2.45) is 0 Å². The van der Waals surface area contributed by atoms with Crippen molar-refractivity contribution in [3.63, 3.8) is 0 Å². The van der Waals surface area contributed by atoms with Crippen molar-refractivity contribution in [1.29, 1.82) is 0 Å². The molecular formula is C16H10BrNO2S. The van der Waals surface area contributed by atoms with E-state index in [1.165, 1.54) is 0 Å². The van der Waals surface area contributed by atoms with Crippen LogP contribution in [0.2, 0.25) is 0 Å². The predicted octanol–water partition coefficient (Wildman–Crippen LogP) is 4.82. The highest BCUT2D eigenvalue weighted by Crippen LogP contribution is 2.36. The molecular weight excluding hydrogens is 350 g/mol. The second-order valence-corrected chi connectivity index (χ2v) is 6.14. The van der Waals surface area contributed by atoms with E-state index in [9.17, 15) is 4.79 Å². The molecule has 0 unspecified atom stereocenters. The van der Waals surface area contributed by atoms with Gasteiger partial charge in [-0.1, -0.05) is 18.7 Å². The number of hydrogen-bond acceptors (Lipinski definition) is 4. The molecule has 21 heavy (non-hydrogen) atoms. The van der Waals surface area contributed by atoms with E-state index in [0.29, 0.717) is 5.75 Å². The third-order valence-corrected chi connectivity index (χ3v) is 4.58. The highest BCUT2D eigenvalue weighted by Gasteiger charge is 2.11. The maximum atomic E-state index is 11.2. The van der Waals surface area contributed by atoms with Crippen molar-refractivity contribution >= 4 is 43.5 Å². The lowest BCUT2D eigenvalue weighted by atomic mass is 10.2. The van der Waals surface area contributed by atoms with Crippen molar-refractivity contribution in [3.8, 4) is 16.3 Å². The fraction of sp³-hybridized carbons (Fsp3) is 0. The average molecular weight is 360 g/mol. The van der Waals surface area contributed by atoms with Crippen LogP contribution in [0.4, 0.5) is 0 Å². The van der Waals surface area contributed by atoms with Gasteiger partial charge in [-0.15, -0.1) is 11.3 Å². The molecule has 0 aliphatic heterocycles. The minimum atomic E-state index is -0.477. The molecule has 0 aliphatic rings. The fourth-order valence-electron chi connectivity index (χ4n) is 1.88. The molecule has 0 saturated carbocycles. The normalized spacial score (nSPS) is 10.5. The van der Waals surface area contributed by atoms with E-state index >= 15 is 0 Å². The van der Waals surface area contributed by atoms with Gasteiger partial charge in [-0.3, -0.25) is 0 Å². The summed E-state index contributed by atoms with van der Waals surface area (Å²) in [5.41, 5.74) is 1.95. The Morgan fingerprint density at radius 2 is 2.10 bits per heavy atom. The first-order chi connectivity index (χ1) is 10.2. The lowest BCUT2D eigenvalue weighted by Gasteiger charge is -2.05. The van der Waals surface area contributed by atoms with E-state index in [0.717, 1.165) is 31.3 Å². The Morgan fingerprint density at radius 3 is 2.81 bits per heavy atom. The van der Waals surface area contributed by atoms with Crippen LogP contribution in [0, 0.1) is 0 Å². The van der Waals surface area contributed by atoms with Gasteiger partial charge in [0.1, 0.15) is 10.8 Å². The van der Waals surface area contributed by atoms with Gasteiger partial charge in [0, 0.05) is 16.1 Å². The molecule has 104 valence electrons. The van der Waals surface area contributed by atoms with Gasteiger partial charge in [-0.05, 0) is 46.3 Å². The summed E-state index contributed by atoms with van der Waals surface area (Å²) in [6.07, 6.45) is 1.13. The molecule has 5 heteroatoms. The van der Waals surface area contributed by atoms with Crippen LogP contribution >= 0.6 is 27.3 Å². The Balaban J connectivity index is 1.98. The highest BCUT2D eigenvalue weighted by molar-refractivity contribution is 9.10. The Hall–Kier alpha value is -1.98. The highest BCUT2D eigenvalue weighted by atomic mass is 79.9. The minimum absolute atomic E-state index is 0.469. The summed E-state index contributed by atoms with van der Waals surface area (Å²) in [6.45, 7) is 3.37. The van der Waals surface area contributed by atoms with Gasteiger partial charge >= 0.3 is 5.97 Å². The lowest BCUT2D eigenvalue weighted by Crippen LogP contribution is -2.02. The van der Waals surface area contributed by atoms with E-state index < -0.39 is 5.97 Å². The molecule has 0 N–H and O–H groups in total. The average Bonchev–Trinajstić information content (AvgIpc) is 2.90. The number of esters is 1. The Kier molecular flexibility index (Phi) is 3.86. The first-order valence-corrected chi connectivity index (χ1v) is 7.78. The molecule has 2 aromatic carbocycles. The zero-order chi connectivity index (χ0) is 14.8. The van der Waals surface area contributed by atoms with E-state index in [4.69, 9.17) is 4.74 Å². The number of ether oxygens (including phenoxy) is 1. The molecule has 0 fully saturated rings. The first-order valence-electron chi connectivity index (χ1n) is 6.17. The van der Waals surface area contributed by atoms with Crippen molar-refractivity contribution < 1.29 is 9.53 Å². The number of benzene rings is 2. The molecule has 0 aliphatic carbocycles. The van der Waals surface area contributed by atoms with Crippen molar-refractivity contribution in [1.82, 2.24) is 4.98 Å². The largest absolute Gasteiger partial charge is 0.423 e. The predicted molar refractivity (Wildman–Crippen MR) is 88.6 cm³/mol. The number of aromatic nitrogens is 1. The number of carbonyl (C=O) groups is 1. The summed E-state index contributed by atoms with van der Waals surface area (Å²) in [4.78, 5) is 15.8. The number of hydrogen-bond donors (Lipinski definition) is 0. The summed E-state index contributed by atoms with van der Waals surface area (Å²) in [5, 5.41) is 0.921. The number of rotatable bonds is 3. The van der Waals surface area contributed by atoms with E-state index in [1.807, 2.05) is 30.3 Å². The molecule has 0 saturated heterocycles. The number of carbonyl (C=O) groups excluding carboxylic acids is 1. The Morgan fingerprint density at radius 1 is 1.29 bits per heavy atom. The molecule has 0 amide bonds. The van der Waals surface area contributed by atoms with Crippen molar-refractivity contribution in [2.75, 3.05) is 0 Å². The van der Waals surface area contributed by atoms with Crippen LogP contribution in [0.3, 0.4) is 0 Å². The number of fused-ring (bicyclic) bond motifs is 1. The quantitative estimate of drug-likeness (QED) is 0.382. The molecule has 1 aromatic heterocycles. The van der Waals surface area contributed by atoms with Gasteiger partial charge in [0.25, 0.3) is 0 Å². The maximum Gasteiger partial charge on any atom is 0.335 e. The Bertz CT molecular complexity index is 808. The lowest BCUT2D eigenvalue weighted by molar-refractivity contribution is -0.128. The van der Waals surface area contributed by atoms with Gasteiger partial charge in [-0.2, -0.15) is 0 Å². The molecule has 0 bridgehead atoms. The van der Waals surface area contributed by atoms with Crippen LogP contribution < -0.4 is 4.74 Å². The standard InChI is InChI=1S/C16H10BrNO2S/c1-2-15(19)20-10-7-8-11(12(17)9-10)16-18-13-5-3-4-6-14(13)21-16/h2-9H,1H2. The summed E-state index contributed by atoms with van der Waals surface area (Å²) in [7, 11) is 0. The monoisotopic (exact) mass is 359 g/mol. The molecule has 0 atom stereocenters. The van der Waals surface area contributed by atoms with Gasteiger partial charge in [0.15, 0.2) is 0 Å². The second kappa shape index (κ2) is 5.79. The number of thiazole rings is 1. The SMILES string of the molecule is C=CC(=O)Oc1ccc(-c2nc3ccccc3s2)c(Br)c1. The fourth-order valence-corrected chi connectivity index (χ4v) is 3.56. The number of nitrogens with zero attached hydrogens (tertiary/aromatic N) is 1. The summed E-state index contributed by atoms with van der Waals surface area (Å²) in [6, 6.07) is 13.4. The third kappa shape index (κ3) is 2.89. The summed E-state index contributed by atoms with van der Waals surface area (Å²) >= 11 is 5.13. The van der Waals surface area contributed by atoms with Gasteiger partial charge in [0.2, 0.25) is 0 Å². The van der Waals surface area contributed by atoms with Gasteiger partial charge in [-0.25, -0.2) is 9.78 Å². The molecule has 3 aromatic rings. The zero-order valence-electron chi connectivity index (χ0n) is 10.9. The van der Waals surface area contributed by atoms with Crippen molar-refractivity contribution in [3.05, 3.63) is 59.6 Å². The van der Waals surface area contributed by atoms with E-state index in [1.54, 1.807) is 23.5 Å². The molecule has 0 radical (unpaired) electrons. The molecule has 3 rings (SSSR count). The summed E-state index contributed by atoms with van der Waals surface area (Å²) < 4.78 is 7.06. The van der Waals surface area contributed by atoms with Gasteiger partial charge in [0.05, 0.1) is 10.2 Å². The van der Waals surface area contributed by atoms with Crippen LogP contribution in [-0.2, 0) is 4.79 Å². The van der Waals surface area contributed by atoms with Crippen LogP contribution in [0.5, 0.6) is 5.75 Å². The van der Waals surface area contributed by atoms with E-state index in [-0.39, 0.29) is 0 Å². The van der Waals surface area contributed by atoms with Crippen LogP contribution in [0.15, 0.2) is 59.6 Å². The third-order valence-electron chi connectivity index (χ3n) is 2.85. The van der Waals surface area contributed by atoms with Crippen molar-refractivity contribution in [2.45, 2.75) is 0 Å². The first kappa shape index (κ1) is 14.0. The number of para-hydroxylation sites is 1. The van der Waals surface area contributed by atoms with Gasteiger partial charge < -0.3 is 4.74 Å². The minimum Gasteiger partial charge on any atom is -0.423 e. The topological polar surface area (TPSA) is 39.2 Å². The van der Waals surface area contributed by atoms with Crippen LogP contribution in [0.1, 0.15) is 0 Å². The smallest absolute Gasteiger partial charge is 0.335 e. The molecule has 1 heterocycles. The van der Waals surface area contributed by atoms with E-state index in [2.05, 4.69) is 27.5 Å². The van der Waals surface area contributed by atoms with Crippen LogP contribution in [-0.4, -0.2) is 11.0 Å². The second-order valence-electron chi connectivity index (χ2n) is 4.25. The maximum absolute atomic E-state index is 11.2. The summed E-state index contributed by atoms with van der Waals surface area (Å²) in [5.74, 6) is -0.00808. The van der Waals surface area contributed by atoms with Crippen LogP contribution in [0.25, 0.3) is 20.8 Å². The Labute approximate surface area is 134 Å². The number of halogens is 1.